The van der Waals surface area contributed by atoms with E-state index in [0.717, 1.165) is 24.1 Å². The third-order valence-corrected chi connectivity index (χ3v) is 3.97. The minimum atomic E-state index is 0.688. The van der Waals surface area contributed by atoms with Crippen molar-refractivity contribution in [2.24, 2.45) is 5.92 Å². The molecule has 0 amide bonds. The van der Waals surface area contributed by atoms with E-state index in [2.05, 4.69) is 20.4 Å². The Morgan fingerprint density at radius 3 is 3.29 bits per heavy atom. The highest BCUT2D eigenvalue weighted by Gasteiger charge is 2.35. The Bertz CT molecular complexity index is 286. The first-order chi connectivity index (χ1) is 6.93. The van der Waals surface area contributed by atoms with Crippen molar-refractivity contribution < 1.29 is 0 Å². The molecule has 0 aromatic carbocycles. The summed E-state index contributed by atoms with van der Waals surface area (Å²) < 4.78 is 0. The summed E-state index contributed by atoms with van der Waals surface area (Å²) in [6.07, 6.45) is 2.69. The maximum Gasteiger partial charge on any atom is 0.208 e. The molecule has 14 heavy (non-hydrogen) atoms. The van der Waals surface area contributed by atoms with Crippen LogP contribution in [0.1, 0.15) is 12.8 Å². The molecule has 2 aliphatic rings. The van der Waals surface area contributed by atoms with Crippen LogP contribution in [-0.4, -0.2) is 35.9 Å². The van der Waals surface area contributed by atoms with Gasteiger partial charge in [0.1, 0.15) is 5.51 Å². The van der Waals surface area contributed by atoms with Crippen LogP contribution in [0, 0.1) is 5.92 Å². The lowest BCUT2D eigenvalue weighted by atomic mass is 9.94. The molecule has 0 bridgehead atoms. The van der Waals surface area contributed by atoms with Gasteiger partial charge in [0.2, 0.25) is 5.13 Å². The van der Waals surface area contributed by atoms with E-state index in [1.165, 1.54) is 19.4 Å². The van der Waals surface area contributed by atoms with Crippen LogP contribution in [0.4, 0.5) is 5.13 Å². The number of hydrogen-bond donors (Lipinski definition) is 1. The van der Waals surface area contributed by atoms with Crippen LogP contribution in [0.2, 0.25) is 0 Å². The second kappa shape index (κ2) is 3.47. The topological polar surface area (TPSA) is 41.1 Å². The Balaban J connectivity index is 1.74. The fraction of sp³-hybridized carbons (Fsp3) is 0.778. The molecule has 0 spiro atoms. The summed E-state index contributed by atoms with van der Waals surface area (Å²) in [7, 11) is 0. The lowest BCUT2D eigenvalue weighted by Gasteiger charge is -2.24. The molecular formula is C9H14N4S. The first-order valence-corrected chi connectivity index (χ1v) is 6.06. The molecule has 5 heteroatoms. The Hall–Kier alpha value is -0.680. The van der Waals surface area contributed by atoms with Gasteiger partial charge in [-0.2, -0.15) is 0 Å². The maximum atomic E-state index is 4.12. The van der Waals surface area contributed by atoms with Crippen LogP contribution < -0.4 is 10.2 Å². The number of anilines is 1. The summed E-state index contributed by atoms with van der Waals surface area (Å²) in [6.45, 7) is 3.46. The average Bonchev–Trinajstić information content (AvgIpc) is 2.86. The van der Waals surface area contributed by atoms with Crippen molar-refractivity contribution in [3.8, 4) is 0 Å². The normalized spacial score (nSPS) is 31.9. The van der Waals surface area contributed by atoms with Crippen LogP contribution in [0.3, 0.4) is 0 Å². The summed E-state index contributed by atoms with van der Waals surface area (Å²) in [5.41, 5.74) is 1.81. The number of aromatic nitrogens is 2. The smallest absolute Gasteiger partial charge is 0.208 e. The van der Waals surface area contributed by atoms with Crippen LogP contribution in [-0.2, 0) is 0 Å². The van der Waals surface area contributed by atoms with Gasteiger partial charge in [-0.1, -0.05) is 11.3 Å². The number of nitrogens with zero attached hydrogens (tertiary/aromatic N) is 3. The first-order valence-electron chi connectivity index (χ1n) is 5.18. The largest absolute Gasteiger partial charge is 0.345 e. The van der Waals surface area contributed by atoms with E-state index in [1.54, 1.807) is 11.3 Å². The monoisotopic (exact) mass is 210 g/mol. The molecule has 4 nitrogen and oxygen atoms in total. The molecule has 2 unspecified atom stereocenters. The van der Waals surface area contributed by atoms with Gasteiger partial charge in [-0.05, 0) is 25.3 Å². The van der Waals surface area contributed by atoms with Crippen molar-refractivity contribution in [3.63, 3.8) is 0 Å². The Kier molecular flexibility index (Phi) is 2.14. The number of nitrogens with one attached hydrogen (secondary N) is 1. The fourth-order valence-corrected chi connectivity index (χ4v) is 3.09. The Labute approximate surface area is 87.3 Å². The zero-order valence-corrected chi connectivity index (χ0v) is 8.83. The van der Waals surface area contributed by atoms with Crippen molar-refractivity contribution >= 4 is 16.5 Å². The lowest BCUT2D eigenvalue weighted by Crippen LogP contribution is -2.40. The summed E-state index contributed by atoms with van der Waals surface area (Å²) in [6, 6.07) is 0.688. The van der Waals surface area contributed by atoms with E-state index >= 15 is 0 Å². The van der Waals surface area contributed by atoms with Gasteiger partial charge in [0.25, 0.3) is 0 Å². The maximum absolute atomic E-state index is 4.12. The molecule has 3 rings (SSSR count). The molecule has 0 aliphatic carbocycles. The molecule has 2 aliphatic heterocycles. The molecule has 76 valence electrons. The minimum absolute atomic E-state index is 0.688. The zero-order valence-electron chi connectivity index (χ0n) is 8.02. The van der Waals surface area contributed by atoms with Crippen LogP contribution in [0.15, 0.2) is 5.51 Å². The molecule has 0 radical (unpaired) electrons. The summed E-state index contributed by atoms with van der Waals surface area (Å²) in [4.78, 5) is 2.37. The quantitative estimate of drug-likeness (QED) is 0.742. The number of rotatable bonds is 1. The third-order valence-electron chi connectivity index (χ3n) is 3.22. The van der Waals surface area contributed by atoms with Crippen molar-refractivity contribution in [2.75, 3.05) is 24.5 Å². The van der Waals surface area contributed by atoms with Crippen LogP contribution >= 0.6 is 11.3 Å². The second-order valence-electron chi connectivity index (χ2n) is 4.09. The minimum Gasteiger partial charge on any atom is -0.345 e. The van der Waals surface area contributed by atoms with E-state index in [9.17, 15) is 0 Å². The molecule has 1 aromatic rings. The molecule has 1 N–H and O–H groups in total. The molecule has 2 atom stereocenters. The number of hydrogen-bond acceptors (Lipinski definition) is 5. The number of fused-ring (bicyclic) bond motifs is 1. The van der Waals surface area contributed by atoms with E-state index in [-0.39, 0.29) is 0 Å². The Morgan fingerprint density at radius 2 is 2.50 bits per heavy atom. The van der Waals surface area contributed by atoms with Gasteiger partial charge in [0.15, 0.2) is 0 Å². The molecule has 2 fully saturated rings. The summed E-state index contributed by atoms with van der Waals surface area (Å²) in [5.74, 6) is 0.827. The fourth-order valence-electron chi connectivity index (χ4n) is 2.51. The van der Waals surface area contributed by atoms with E-state index < -0.39 is 0 Å². The zero-order chi connectivity index (χ0) is 9.38. The van der Waals surface area contributed by atoms with Gasteiger partial charge in [-0.15, -0.1) is 10.2 Å². The molecule has 1 aromatic heterocycles. The average molecular weight is 210 g/mol. The SMILES string of the molecule is c1nnc(N2CC3CCCNC3C2)s1. The standard InChI is InChI=1S/C9H14N4S/c1-2-7-4-13(5-8(7)10-3-1)9-12-11-6-14-9/h6-8,10H,1-5H2. The van der Waals surface area contributed by atoms with E-state index in [4.69, 9.17) is 0 Å². The lowest BCUT2D eigenvalue weighted by molar-refractivity contribution is 0.340. The third kappa shape index (κ3) is 1.40. The van der Waals surface area contributed by atoms with Gasteiger partial charge in [0, 0.05) is 19.1 Å². The molecular weight excluding hydrogens is 196 g/mol. The van der Waals surface area contributed by atoms with Crippen molar-refractivity contribution in [1.29, 1.82) is 0 Å². The van der Waals surface area contributed by atoms with Crippen molar-refractivity contribution in [1.82, 2.24) is 15.5 Å². The van der Waals surface area contributed by atoms with Gasteiger partial charge in [0.05, 0.1) is 0 Å². The van der Waals surface area contributed by atoms with Crippen molar-refractivity contribution in [3.05, 3.63) is 5.51 Å². The highest BCUT2D eigenvalue weighted by Crippen LogP contribution is 2.29. The predicted octanol–water partition coefficient (Wildman–Crippen LogP) is 0.726. The van der Waals surface area contributed by atoms with Gasteiger partial charge >= 0.3 is 0 Å². The highest BCUT2D eigenvalue weighted by atomic mass is 32.1. The van der Waals surface area contributed by atoms with Crippen molar-refractivity contribution in [2.45, 2.75) is 18.9 Å². The second-order valence-corrected chi connectivity index (χ2v) is 4.90. The first kappa shape index (κ1) is 8.61. The molecule has 0 saturated carbocycles. The van der Waals surface area contributed by atoms with Crippen LogP contribution in [0.25, 0.3) is 0 Å². The predicted molar refractivity (Wildman–Crippen MR) is 56.6 cm³/mol. The van der Waals surface area contributed by atoms with Gasteiger partial charge in [-0.3, -0.25) is 0 Å². The number of piperidine rings is 1. The summed E-state index contributed by atoms with van der Waals surface area (Å²) >= 11 is 1.64. The molecule has 2 saturated heterocycles. The summed E-state index contributed by atoms with van der Waals surface area (Å²) in [5, 5.41) is 12.7. The van der Waals surface area contributed by atoms with Crippen LogP contribution in [0.5, 0.6) is 0 Å². The van der Waals surface area contributed by atoms with E-state index in [1.807, 2.05) is 5.51 Å². The Morgan fingerprint density at radius 1 is 1.50 bits per heavy atom. The van der Waals surface area contributed by atoms with Gasteiger partial charge < -0.3 is 10.2 Å². The van der Waals surface area contributed by atoms with Gasteiger partial charge in [-0.25, -0.2) is 0 Å². The molecule has 3 heterocycles. The van der Waals surface area contributed by atoms with E-state index in [0.29, 0.717) is 6.04 Å². The highest BCUT2D eigenvalue weighted by molar-refractivity contribution is 7.13.